The Bertz CT molecular complexity index is 1440. The molecule has 0 radical (unpaired) electrons. The third-order valence-corrected chi connectivity index (χ3v) is 8.51. The predicted molar refractivity (Wildman–Crippen MR) is 138 cm³/mol. The molecule has 2 heterocycles. The maximum Gasteiger partial charge on any atom is 0.392 e. The molecule has 0 saturated carbocycles. The topological polar surface area (TPSA) is 107 Å². The molecule has 0 aliphatic carbocycles. The van der Waals surface area contributed by atoms with E-state index < -0.39 is 34.0 Å². The van der Waals surface area contributed by atoms with Gasteiger partial charge in [-0.05, 0) is 54.4 Å². The van der Waals surface area contributed by atoms with Crippen molar-refractivity contribution in [3.05, 3.63) is 65.1 Å². The fourth-order valence-corrected chi connectivity index (χ4v) is 5.90. The van der Waals surface area contributed by atoms with Gasteiger partial charge in [0.15, 0.2) is 0 Å². The standard InChI is InChI=1S/C25H29F4N7O2S/c1-16-10-22(32-20-6-4-19(26)5-7-20)18(12-30)11-21(16)23-15-36(39(37,38)24-13-31-34(3)33-24)9-8-35(23)14-17(2)25(27,28)29/h4-7,10-13,17,23,30,32H,8-9,14-15H2,1-3H3/t17-,23-/m0/s1. The number of aryl methyl sites for hydroxylation is 2. The summed E-state index contributed by atoms with van der Waals surface area (Å²) in [7, 11) is -2.55. The van der Waals surface area contributed by atoms with Crippen LogP contribution in [0.2, 0.25) is 0 Å². The van der Waals surface area contributed by atoms with Crippen molar-refractivity contribution in [2.75, 3.05) is 31.5 Å². The molecule has 1 fully saturated rings. The second kappa shape index (κ2) is 11.0. The van der Waals surface area contributed by atoms with Gasteiger partial charge in [-0.1, -0.05) is 6.92 Å². The lowest BCUT2D eigenvalue weighted by Gasteiger charge is -2.42. The van der Waals surface area contributed by atoms with E-state index in [2.05, 4.69) is 15.5 Å². The lowest BCUT2D eigenvalue weighted by molar-refractivity contribution is -0.176. The average Bonchev–Trinajstić information content (AvgIpc) is 3.32. The maximum atomic E-state index is 13.5. The monoisotopic (exact) mass is 567 g/mol. The lowest BCUT2D eigenvalue weighted by atomic mass is 9.94. The highest BCUT2D eigenvalue weighted by molar-refractivity contribution is 7.89. The van der Waals surface area contributed by atoms with E-state index in [1.165, 1.54) is 23.5 Å². The van der Waals surface area contributed by atoms with Crippen molar-refractivity contribution in [1.82, 2.24) is 24.2 Å². The molecule has 14 heteroatoms. The van der Waals surface area contributed by atoms with Gasteiger partial charge in [0.05, 0.1) is 12.1 Å². The number of nitrogens with one attached hydrogen (secondary N) is 2. The molecule has 210 valence electrons. The van der Waals surface area contributed by atoms with Gasteiger partial charge in [-0.3, -0.25) is 4.90 Å². The van der Waals surface area contributed by atoms with Crippen molar-refractivity contribution >= 4 is 27.6 Å². The molecule has 0 amide bonds. The van der Waals surface area contributed by atoms with Crippen LogP contribution in [0.4, 0.5) is 28.9 Å². The zero-order chi connectivity index (χ0) is 28.5. The molecule has 4 rings (SSSR count). The quantitative estimate of drug-likeness (QED) is 0.311. The van der Waals surface area contributed by atoms with E-state index in [-0.39, 0.29) is 31.2 Å². The minimum atomic E-state index is -4.41. The van der Waals surface area contributed by atoms with E-state index in [4.69, 9.17) is 5.41 Å². The molecule has 1 aromatic heterocycles. The van der Waals surface area contributed by atoms with Crippen LogP contribution in [0, 0.1) is 24.1 Å². The Labute approximate surface area is 224 Å². The van der Waals surface area contributed by atoms with E-state index in [0.29, 0.717) is 28.1 Å². The number of aromatic nitrogens is 3. The first-order chi connectivity index (χ1) is 18.3. The maximum absolute atomic E-state index is 13.5. The molecule has 0 spiro atoms. The number of piperazine rings is 1. The smallest absolute Gasteiger partial charge is 0.355 e. The van der Waals surface area contributed by atoms with Crippen molar-refractivity contribution in [3.63, 3.8) is 0 Å². The Morgan fingerprint density at radius 1 is 1.21 bits per heavy atom. The first-order valence-electron chi connectivity index (χ1n) is 12.1. The first-order valence-corrected chi connectivity index (χ1v) is 13.6. The van der Waals surface area contributed by atoms with Crippen LogP contribution in [0.25, 0.3) is 0 Å². The van der Waals surface area contributed by atoms with E-state index in [1.807, 2.05) is 0 Å². The summed E-state index contributed by atoms with van der Waals surface area (Å²) in [4.78, 5) is 2.77. The molecule has 2 aromatic carbocycles. The van der Waals surface area contributed by atoms with Gasteiger partial charge in [-0.15, -0.1) is 5.10 Å². The first kappa shape index (κ1) is 28.6. The molecule has 39 heavy (non-hydrogen) atoms. The summed E-state index contributed by atoms with van der Waals surface area (Å²) in [6.07, 6.45) is -2.17. The van der Waals surface area contributed by atoms with Gasteiger partial charge in [0.1, 0.15) is 5.82 Å². The van der Waals surface area contributed by atoms with E-state index in [9.17, 15) is 26.0 Å². The highest BCUT2D eigenvalue weighted by Gasteiger charge is 2.42. The van der Waals surface area contributed by atoms with E-state index in [1.54, 1.807) is 36.1 Å². The van der Waals surface area contributed by atoms with Crippen LogP contribution < -0.4 is 5.32 Å². The number of anilines is 2. The number of sulfonamides is 1. The molecule has 1 saturated heterocycles. The van der Waals surface area contributed by atoms with Crippen LogP contribution in [0.3, 0.4) is 0 Å². The van der Waals surface area contributed by atoms with Gasteiger partial charge in [-0.2, -0.15) is 27.4 Å². The third-order valence-electron chi connectivity index (χ3n) is 6.78. The molecule has 2 N–H and O–H groups in total. The fourth-order valence-electron chi connectivity index (χ4n) is 4.58. The number of halogens is 4. The van der Waals surface area contributed by atoms with Crippen LogP contribution in [-0.4, -0.2) is 71.2 Å². The molecule has 0 bridgehead atoms. The minimum Gasteiger partial charge on any atom is -0.355 e. The normalized spacial score (nSPS) is 18.2. The second-order valence-electron chi connectivity index (χ2n) is 9.56. The van der Waals surface area contributed by atoms with Crippen LogP contribution in [0.1, 0.15) is 29.7 Å². The minimum absolute atomic E-state index is 0.0132. The Kier molecular flexibility index (Phi) is 8.09. The third kappa shape index (κ3) is 6.28. The molecule has 2 atom stereocenters. The molecule has 3 aromatic rings. The molecule has 0 unspecified atom stereocenters. The Morgan fingerprint density at radius 2 is 1.90 bits per heavy atom. The molecular weight excluding hydrogens is 538 g/mol. The number of hydrogen-bond acceptors (Lipinski definition) is 7. The summed E-state index contributed by atoms with van der Waals surface area (Å²) in [6.45, 7) is 2.51. The van der Waals surface area contributed by atoms with Gasteiger partial charge in [0.2, 0.25) is 5.03 Å². The van der Waals surface area contributed by atoms with Gasteiger partial charge in [0, 0.05) is 62.4 Å². The van der Waals surface area contributed by atoms with Crippen LogP contribution in [0.5, 0.6) is 0 Å². The predicted octanol–water partition coefficient (Wildman–Crippen LogP) is 4.25. The largest absolute Gasteiger partial charge is 0.392 e. The number of rotatable bonds is 8. The summed E-state index contributed by atoms with van der Waals surface area (Å²) < 4.78 is 81.6. The van der Waals surface area contributed by atoms with E-state index >= 15 is 0 Å². The van der Waals surface area contributed by atoms with Crippen molar-refractivity contribution in [2.45, 2.75) is 31.1 Å². The SMILES string of the molecule is Cc1cc(Nc2ccc(F)cc2)c(C=N)cc1[C@@H]1CN(S(=O)(=O)c2cnn(C)n2)CCN1C[C@H](C)C(F)(F)F. The van der Waals surface area contributed by atoms with Gasteiger partial charge in [0.25, 0.3) is 10.0 Å². The average molecular weight is 568 g/mol. The molecular formula is C25H29F4N7O2S. The summed E-state index contributed by atoms with van der Waals surface area (Å²) in [6, 6.07) is 8.39. The Hall–Kier alpha value is -3.36. The van der Waals surface area contributed by atoms with Gasteiger partial charge >= 0.3 is 6.18 Å². The summed E-state index contributed by atoms with van der Waals surface area (Å²) in [5.74, 6) is -2.03. The van der Waals surface area contributed by atoms with Crippen molar-refractivity contribution in [3.8, 4) is 0 Å². The summed E-state index contributed by atoms with van der Waals surface area (Å²) in [5.41, 5.74) is 2.88. The van der Waals surface area contributed by atoms with Gasteiger partial charge < -0.3 is 10.7 Å². The number of benzene rings is 2. The Morgan fingerprint density at radius 3 is 2.49 bits per heavy atom. The molecule has 1 aliphatic heterocycles. The van der Waals surface area contributed by atoms with Crippen molar-refractivity contribution in [2.24, 2.45) is 13.0 Å². The van der Waals surface area contributed by atoms with Crippen LogP contribution >= 0.6 is 0 Å². The second-order valence-corrected chi connectivity index (χ2v) is 11.4. The number of nitrogens with zero attached hydrogens (tertiary/aromatic N) is 5. The Balaban J connectivity index is 1.71. The van der Waals surface area contributed by atoms with Crippen molar-refractivity contribution in [1.29, 1.82) is 5.41 Å². The zero-order valence-electron chi connectivity index (χ0n) is 21.6. The lowest BCUT2D eigenvalue weighted by Crippen LogP contribution is -2.52. The number of alkyl halides is 3. The fraction of sp³-hybridized carbons (Fsp3) is 0.400. The molecule has 9 nitrogen and oxygen atoms in total. The zero-order valence-corrected chi connectivity index (χ0v) is 22.4. The van der Waals surface area contributed by atoms with Crippen LogP contribution in [0.15, 0.2) is 47.6 Å². The van der Waals surface area contributed by atoms with Crippen LogP contribution in [-0.2, 0) is 17.1 Å². The van der Waals surface area contributed by atoms with E-state index in [0.717, 1.165) is 24.1 Å². The highest BCUT2D eigenvalue weighted by atomic mass is 32.2. The molecule has 1 aliphatic rings. The summed E-state index contributed by atoms with van der Waals surface area (Å²) in [5, 5.41) is 18.6. The highest BCUT2D eigenvalue weighted by Crippen LogP contribution is 2.36. The van der Waals surface area contributed by atoms with Gasteiger partial charge in [-0.25, -0.2) is 12.8 Å². The summed E-state index contributed by atoms with van der Waals surface area (Å²) >= 11 is 0. The van der Waals surface area contributed by atoms with Crippen molar-refractivity contribution < 1.29 is 26.0 Å². The number of hydrogen-bond donors (Lipinski definition) is 2.